The van der Waals surface area contributed by atoms with Gasteiger partial charge in [-0.1, -0.05) is 20.8 Å². The van der Waals surface area contributed by atoms with Crippen molar-refractivity contribution in [2.24, 2.45) is 11.3 Å². The summed E-state index contributed by atoms with van der Waals surface area (Å²) in [5, 5.41) is 7.78. The Kier molecular flexibility index (Phi) is 3.82. The first-order valence-corrected chi connectivity index (χ1v) is 6.75. The van der Waals surface area contributed by atoms with Crippen LogP contribution in [0.1, 0.15) is 45.9 Å². The van der Waals surface area contributed by atoms with Gasteiger partial charge in [0, 0.05) is 13.1 Å². The fourth-order valence-corrected chi connectivity index (χ4v) is 2.37. The van der Waals surface area contributed by atoms with Crippen molar-refractivity contribution in [1.29, 1.82) is 0 Å². The highest BCUT2D eigenvalue weighted by molar-refractivity contribution is 4.97. The third kappa shape index (κ3) is 2.86. The Morgan fingerprint density at radius 2 is 2.24 bits per heavy atom. The number of nitrogens with zero attached hydrogens (tertiary/aromatic N) is 3. The second-order valence-electron chi connectivity index (χ2n) is 5.52. The molecular weight excluding hydrogens is 212 g/mol. The SMILES string of the molecule is CCCn1ncnc1CNCC1(C(C)C)CC1. The van der Waals surface area contributed by atoms with E-state index >= 15 is 0 Å². The molecule has 1 heterocycles. The summed E-state index contributed by atoms with van der Waals surface area (Å²) in [6.07, 6.45) is 5.51. The second kappa shape index (κ2) is 5.17. The van der Waals surface area contributed by atoms with Gasteiger partial charge in [-0.2, -0.15) is 5.10 Å². The van der Waals surface area contributed by atoms with Crippen LogP contribution in [-0.2, 0) is 13.1 Å². The molecule has 1 N–H and O–H groups in total. The van der Waals surface area contributed by atoms with Crippen molar-refractivity contribution in [3.63, 3.8) is 0 Å². The zero-order valence-electron chi connectivity index (χ0n) is 11.2. The molecule has 1 aliphatic rings. The number of nitrogens with one attached hydrogen (secondary N) is 1. The highest BCUT2D eigenvalue weighted by atomic mass is 15.3. The van der Waals surface area contributed by atoms with Crippen LogP contribution in [0.15, 0.2) is 6.33 Å². The van der Waals surface area contributed by atoms with Gasteiger partial charge >= 0.3 is 0 Å². The van der Waals surface area contributed by atoms with Crippen molar-refractivity contribution in [2.45, 2.75) is 53.1 Å². The molecule has 0 unspecified atom stereocenters. The van der Waals surface area contributed by atoms with Gasteiger partial charge in [-0.3, -0.25) is 0 Å². The molecule has 1 aromatic heterocycles. The predicted octanol–water partition coefficient (Wildman–Crippen LogP) is 2.21. The van der Waals surface area contributed by atoms with Gasteiger partial charge in [0.25, 0.3) is 0 Å². The summed E-state index contributed by atoms with van der Waals surface area (Å²) in [5.41, 5.74) is 0.565. The molecule has 0 saturated heterocycles. The van der Waals surface area contributed by atoms with E-state index in [4.69, 9.17) is 0 Å². The van der Waals surface area contributed by atoms with Crippen LogP contribution in [0.4, 0.5) is 0 Å². The molecular formula is C13H24N4. The molecule has 0 aliphatic heterocycles. The number of hydrogen-bond acceptors (Lipinski definition) is 3. The average Bonchev–Trinajstić information content (AvgIpc) is 2.96. The first-order chi connectivity index (χ1) is 8.18. The number of rotatable bonds is 7. The molecule has 0 atom stereocenters. The lowest BCUT2D eigenvalue weighted by Crippen LogP contribution is -2.28. The van der Waals surface area contributed by atoms with Crippen molar-refractivity contribution < 1.29 is 0 Å². The molecule has 1 fully saturated rings. The minimum atomic E-state index is 0.565. The van der Waals surface area contributed by atoms with Crippen molar-refractivity contribution in [3.05, 3.63) is 12.2 Å². The summed E-state index contributed by atoms with van der Waals surface area (Å²) < 4.78 is 2.00. The second-order valence-corrected chi connectivity index (χ2v) is 5.52. The van der Waals surface area contributed by atoms with E-state index in [0.717, 1.165) is 37.8 Å². The average molecular weight is 236 g/mol. The predicted molar refractivity (Wildman–Crippen MR) is 68.5 cm³/mol. The van der Waals surface area contributed by atoms with E-state index in [1.165, 1.54) is 12.8 Å². The van der Waals surface area contributed by atoms with E-state index in [1.54, 1.807) is 6.33 Å². The van der Waals surface area contributed by atoms with Gasteiger partial charge in [-0.15, -0.1) is 0 Å². The van der Waals surface area contributed by atoms with Crippen LogP contribution >= 0.6 is 0 Å². The summed E-state index contributed by atoms with van der Waals surface area (Å²) in [6.45, 7) is 9.74. The minimum absolute atomic E-state index is 0.565. The van der Waals surface area contributed by atoms with Crippen molar-refractivity contribution >= 4 is 0 Å². The third-order valence-corrected chi connectivity index (χ3v) is 4.01. The molecule has 0 radical (unpaired) electrons. The monoisotopic (exact) mass is 236 g/mol. The maximum Gasteiger partial charge on any atom is 0.140 e. The first-order valence-electron chi connectivity index (χ1n) is 6.75. The molecule has 0 spiro atoms. The zero-order chi connectivity index (χ0) is 12.3. The van der Waals surface area contributed by atoms with Gasteiger partial charge in [-0.05, 0) is 30.6 Å². The number of hydrogen-bond donors (Lipinski definition) is 1. The summed E-state index contributed by atoms with van der Waals surface area (Å²) in [7, 11) is 0. The Balaban J connectivity index is 1.80. The minimum Gasteiger partial charge on any atom is -0.309 e. The van der Waals surface area contributed by atoms with Crippen LogP contribution in [-0.4, -0.2) is 21.3 Å². The van der Waals surface area contributed by atoms with Gasteiger partial charge < -0.3 is 5.32 Å². The van der Waals surface area contributed by atoms with Gasteiger partial charge in [0.05, 0.1) is 6.54 Å². The van der Waals surface area contributed by atoms with Crippen LogP contribution in [0.5, 0.6) is 0 Å². The molecule has 1 aliphatic carbocycles. The summed E-state index contributed by atoms with van der Waals surface area (Å²) in [5.74, 6) is 1.84. The highest BCUT2D eigenvalue weighted by Crippen LogP contribution is 2.51. The van der Waals surface area contributed by atoms with Crippen molar-refractivity contribution in [1.82, 2.24) is 20.1 Å². The van der Waals surface area contributed by atoms with E-state index in [0.29, 0.717) is 5.41 Å². The van der Waals surface area contributed by atoms with E-state index < -0.39 is 0 Å². The summed E-state index contributed by atoms with van der Waals surface area (Å²) >= 11 is 0. The maximum absolute atomic E-state index is 4.31. The summed E-state index contributed by atoms with van der Waals surface area (Å²) in [4.78, 5) is 4.31. The Bertz CT molecular complexity index is 352. The van der Waals surface area contributed by atoms with E-state index in [1.807, 2.05) is 4.68 Å². The third-order valence-electron chi connectivity index (χ3n) is 4.01. The Hall–Kier alpha value is -0.900. The molecule has 4 nitrogen and oxygen atoms in total. The lowest BCUT2D eigenvalue weighted by Gasteiger charge is -2.19. The molecule has 0 aromatic carbocycles. The Morgan fingerprint density at radius 1 is 1.47 bits per heavy atom. The zero-order valence-corrected chi connectivity index (χ0v) is 11.2. The molecule has 0 bridgehead atoms. The van der Waals surface area contributed by atoms with Crippen molar-refractivity contribution in [3.8, 4) is 0 Å². The molecule has 96 valence electrons. The molecule has 1 saturated carbocycles. The van der Waals surface area contributed by atoms with Gasteiger partial charge in [-0.25, -0.2) is 9.67 Å². The topological polar surface area (TPSA) is 42.7 Å². The van der Waals surface area contributed by atoms with E-state index in [-0.39, 0.29) is 0 Å². The first kappa shape index (κ1) is 12.6. The van der Waals surface area contributed by atoms with E-state index in [9.17, 15) is 0 Å². The smallest absolute Gasteiger partial charge is 0.140 e. The van der Waals surface area contributed by atoms with Crippen molar-refractivity contribution in [2.75, 3.05) is 6.54 Å². The van der Waals surface area contributed by atoms with Crippen LogP contribution in [0.2, 0.25) is 0 Å². The standard InChI is InChI=1S/C13H24N4/c1-4-7-17-12(15-10-16-17)8-14-9-13(5-6-13)11(2)3/h10-11,14H,4-9H2,1-3H3. The molecule has 0 amide bonds. The van der Waals surface area contributed by atoms with Gasteiger partial charge in [0.15, 0.2) is 0 Å². The van der Waals surface area contributed by atoms with Gasteiger partial charge in [0.1, 0.15) is 12.2 Å². The van der Waals surface area contributed by atoms with Crippen LogP contribution in [0.3, 0.4) is 0 Å². The molecule has 1 aromatic rings. The Labute approximate surface area is 104 Å². The lowest BCUT2D eigenvalue weighted by atomic mass is 9.92. The fourth-order valence-electron chi connectivity index (χ4n) is 2.37. The number of aryl methyl sites for hydroxylation is 1. The van der Waals surface area contributed by atoms with Crippen LogP contribution in [0.25, 0.3) is 0 Å². The normalized spacial score (nSPS) is 17.6. The Morgan fingerprint density at radius 3 is 2.82 bits per heavy atom. The highest BCUT2D eigenvalue weighted by Gasteiger charge is 2.44. The number of aromatic nitrogens is 3. The maximum atomic E-state index is 4.31. The summed E-state index contributed by atoms with van der Waals surface area (Å²) in [6, 6.07) is 0. The molecule has 2 rings (SSSR count). The lowest BCUT2D eigenvalue weighted by molar-refractivity contribution is 0.334. The molecule has 4 heteroatoms. The fraction of sp³-hybridized carbons (Fsp3) is 0.846. The van der Waals surface area contributed by atoms with E-state index in [2.05, 4.69) is 36.2 Å². The quantitative estimate of drug-likeness (QED) is 0.789. The van der Waals surface area contributed by atoms with Crippen LogP contribution in [0, 0.1) is 11.3 Å². The molecule has 17 heavy (non-hydrogen) atoms. The van der Waals surface area contributed by atoms with Crippen LogP contribution < -0.4 is 5.32 Å². The largest absolute Gasteiger partial charge is 0.309 e. The van der Waals surface area contributed by atoms with Gasteiger partial charge in [0.2, 0.25) is 0 Å².